The average Bonchev–Trinajstić information content (AvgIpc) is 3.21. The van der Waals surface area contributed by atoms with Crippen LogP contribution in [0.4, 0.5) is 10.1 Å². The van der Waals surface area contributed by atoms with E-state index in [2.05, 4.69) is 50.1 Å². The number of guanidine groups is 1. The van der Waals surface area contributed by atoms with E-state index in [0.29, 0.717) is 19.1 Å². The number of benzene rings is 2. The number of para-hydroxylation sites is 1. The zero-order valence-corrected chi connectivity index (χ0v) is 16.7. The van der Waals surface area contributed by atoms with Gasteiger partial charge in [-0.2, -0.15) is 0 Å². The molecule has 3 rings (SSSR count). The van der Waals surface area contributed by atoms with Gasteiger partial charge in [0.25, 0.3) is 0 Å². The predicted octanol–water partition coefficient (Wildman–Crippen LogP) is 1.93. The smallest absolute Gasteiger partial charge is 0.224 e. The van der Waals surface area contributed by atoms with Crippen molar-refractivity contribution < 1.29 is 9.18 Å². The Morgan fingerprint density at radius 3 is 2.55 bits per heavy atom. The number of rotatable bonds is 7. The Morgan fingerprint density at radius 1 is 1.10 bits per heavy atom. The van der Waals surface area contributed by atoms with Crippen molar-refractivity contribution in [1.29, 1.82) is 0 Å². The Kier molecular flexibility index (Phi) is 7.44. The Labute approximate surface area is 171 Å². The van der Waals surface area contributed by atoms with Crippen molar-refractivity contribution in [2.45, 2.75) is 18.9 Å². The molecular weight excluding hydrogens is 369 g/mol. The molecule has 0 radical (unpaired) electrons. The lowest BCUT2D eigenvalue weighted by atomic mass is 10.1. The molecule has 1 aliphatic heterocycles. The number of amides is 1. The first-order valence-electron chi connectivity index (χ1n) is 9.92. The molecule has 1 amide bonds. The van der Waals surface area contributed by atoms with Crippen LogP contribution in [0.2, 0.25) is 0 Å². The van der Waals surface area contributed by atoms with E-state index >= 15 is 0 Å². The average molecular weight is 397 g/mol. The minimum atomic E-state index is -0.300. The normalized spacial score (nSPS) is 16.6. The molecule has 29 heavy (non-hydrogen) atoms. The van der Waals surface area contributed by atoms with Gasteiger partial charge in [-0.25, -0.2) is 4.39 Å². The molecule has 0 spiro atoms. The van der Waals surface area contributed by atoms with Crippen LogP contribution >= 0.6 is 0 Å². The molecule has 1 heterocycles. The number of halogens is 1. The van der Waals surface area contributed by atoms with Gasteiger partial charge >= 0.3 is 0 Å². The van der Waals surface area contributed by atoms with Gasteiger partial charge in [0.05, 0.1) is 6.42 Å². The van der Waals surface area contributed by atoms with Crippen molar-refractivity contribution in [2.24, 2.45) is 4.99 Å². The molecule has 1 fully saturated rings. The molecule has 1 unspecified atom stereocenters. The highest BCUT2D eigenvalue weighted by molar-refractivity contribution is 5.80. The lowest BCUT2D eigenvalue weighted by molar-refractivity contribution is -0.120. The second-order valence-electron chi connectivity index (χ2n) is 7.06. The van der Waals surface area contributed by atoms with Gasteiger partial charge in [-0.3, -0.25) is 9.79 Å². The van der Waals surface area contributed by atoms with Crippen LogP contribution in [0.15, 0.2) is 59.6 Å². The van der Waals surface area contributed by atoms with Crippen LogP contribution in [0.3, 0.4) is 0 Å². The quantitative estimate of drug-likeness (QED) is 0.379. The lowest BCUT2D eigenvalue weighted by Crippen LogP contribution is -2.46. The number of nitrogens with one attached hydrogen (secondary N) is 3. The molecule has 1 atom stereocenters. The number of nitrogens with zero attached hydrogens (tertiary/aromatic N) is 2. The molecule has 2 aromatic carbocycles. The maximum atomic E-state index is 12.9. The topological polar surface area (TPSA) is 68.8 Å². The molecular formula is C22H28FN5O. The summed E-state index contributed by atoms with van der Waals surface area (Å²) < 4.78 is 12.9. The number of aliphatic imine (C=N–C) groups is 1. The Balaban J connectivity index is 1.34. The summed E-state index contributed by atoms with van der Waals surface area (Å²) in [5.41, 5.74) is 2.03. The van der Waals surface area contributed by atoms with Gasteiger partial charge in [-0.05, 0) is 36.2 Å². The molecule has 6 nitrogen and oxygen atoms in total. The molecule has 0 saturated carbocycles. The van der Waals surface area contributed by atoms with Crippen LogP contribution in [0, 0.1) is 5.82 Å². The number of carbonyl (C=O) groups is 1. The fourth-order valence-corrected chi connectivity index (χ4v) is 3.37. The van der Waals surface area contributed by atoms with E-state index < -0.39 is 0 Å². The minimum absolute atomic E-state index is 0.0874. The zero-order valence-electron chi connectivity index (χ0n) is 16.7. The highest BCUT2D eigenvalue weighted by atomic mass is 19.1. The third kappa shape index (κ3) is 6.48. The maximum absolute atomic E-state index is 12.9. The number of hydrogen-bond acceptors (Lipinski definition) is 3. The number of carbonyl (C=O) groups excluding carboxylic acids is 1. The summed E-state index contributed by atoms with van der Waals surface area (Å²) in [5, 5.41) is 9.54. The third-order valence-corrected chi connectivity index (χ3v) is 4.89. The van der Waals surface area contributed by atoms with Crippen molar-refractivity contribution in [1.82, 2.24) is 16.0 Å². The standard InChI is InChI=1S/C22H28FN5O/c1-24-22(27-19-11-14-28(16-19)20-5-3-2-4-6-20)26-13-12-25-21(29)15-17-7-9-18(23)10-8-17/h2-10,19H,11-16H2,1H3,(H,25,29)(H2,24,26,27). The van der Waals surface area contributed by atoms with Gasteiger partial charge in [0.1, 0.15) is 5.82 Å². The van der Waals surface area contributed by atoms with Crippen LogP contribution < -0.4 is 20.9 Å². The largest absolute Gasteiger partial charge is 0.369 e. The summed E-state index contributed by atoms with van der Waals surface area (Å²) in [6.07, 6.45) is 1.29. The summed E-state index contributed by atoms with van der Waals surface area (Å²) in [5.74, 6) is 0.347. The highest BCUT2D eigenvalue weighted by Crippen LogP contribution is 2.19. The van der Waals surface area contributed by atoms with Gasteiger partial charge < -0.3 is 20.9 Å². The van der Waals surface area contributed by atoms with E-state index in [-0.39, 0.29) is 18.1 Å². The van der Waals surface area contributed by atoms with Crippen molar-refractivity contribution in [3.63, 3.8) is 0 Å². The predicted molar refractivity (Wildman–Crippen MR) is 115 cm³/mol. The molecule has 1 aliphatic rings. The molecule has 3 N–H and O–H groups in total. The Bertz CT molecular complexity index is 810. The Hall–Kier alpha value is -3.09. The van der Waals surface area contributed by atoms with Crippen molar-refractivity contribution >= 4 is 17.6 Å². The van der Waals surface area contributed by atoms with E-state index in [1.54, 1.807) is 19.2 Å². The molecule has 0 aromatic heterocycles. The summed E-state index contributed by atoms with van der Waals surface area (Å²) in [7, 11) is 1.74. The van der Waals surface area contributed by atoms with Gasteiger partial charge in [-0.15, -0.1) is 0 Å². The third-order valence-electron chi connectivity index (χ3n) is 4.89. The van der Waals surface area contributed by atoms with E-state index in [9.17, 15) is 9.18 Å². The summed E-state index contributed by atoms with van der Waals surface area (Å²) >= 11 is 0. The van der Waals surface area contributed by atoms with Gasteiger partial charge in [0, 0.05) is 45.0 Å². The van der Waals surface area contributed by atoms with Crippen LogP contribution in [-0.2, 0) is 11.2 Å². The van der Waals surface area contributed by atoms with E-state index in [1.165, 1.54) is 17.8 Å². The molecule has 7 heteroatoms. The van der Waals surface area contributed by atoms with Crippen molar-refractivity contribution in [3.8, 4) is 0 Å². The summed E-state index contributed by atoms with van der Waals surface area (Å²) in [4.78, 5) is 18.6. The van der Waals surface area contributed by atoms with Crippen LogP contribution in [0.5, 0.6) is 0 Å². The Morgan fingerprint density at radius 2 is 1.83 bits per heavy atom. The number of hydrogen-bond donors (Lipinski definition) is 3. The first-order chi connectivity index (χ1) is 14.1. The zero-order chi connectivity index (χ0) is 20.5. The van der Waals surface area contributed by atoms with E-state index in [1.807, 2.05) is 6.07 Å². The molecule has 0 bridgehead atoms. The van der Waals surface area contributed by atoms with E-state index in [4.69, 9.17) is 0 Å². The summed E-state index contributed by atoms with van der Waals surface area (Å²) in [6, 6.07) is 16.7. The van der Waals surface area contributed by atoms with Crippen LogP contribution in [0.1, 0.15) is 12.0 Å². The fraction of sp³-hybridized carbons (Fsp3) is 0.364. The fourth-order valence-electron chi connectivity index (χ4n) is 3.37. The first-order valence-corrected chi connectivity index (χ1v) is 9.92. The summed E-state index contributed by atoms with van der Waals surface area (Å²) in [6.45, 7) is 3.00. The van der Waals surface area contributed by atoms with Crippen LogP contribution in [-0.4, -0.2) is 51.1 Å². The maximum Gasteiger partial charge on any atom is 0.224 e. The highest BCUT2D eigenvalue weighted by Gasteiger charge is 2.23. The molecule has 154 valence electrons. The first kappa shape index (κ1) is 20.6. The van der Waals surface area contributed by atoms with Gasteiger partial charge in [0.15, 0.2) is 5.96 Å². The molecule has 0 aliphatic carbocycles. The van der Waals surface area contributed by atoms with Gasteiger partial charge in [0.2, 0.25) is 5.91 Å². The monoisotopic (exact) mass is 397 g/mol. The number of anilines is 1. The van der Waals surface area contributed by atoms with Gasteiger partial charge in [-0.1, -0.05) is 30.3 Å². The molecule has 2 aromatic rings. The SMILES string of the molecule is CN=C(NCCNC(=O)Cc1ccc(F)cc1)NC1CCN(c2ccccc2)C1. The second kappa shape index (κ2) is 10.5. The van der Waals surface area contributed by atoms with Crippen molar-refractivity contribution in [2.75, 3.05) is 38.1 Å². The second-order valence-corrected chi connectivity index (χ2v) is 7.06. The minimum Gasteiger partial charge on any atom is -0.369 e. The lowest BCUT2D eigenvalue weighted by Gasteiger charge is -2.20. The van der Waals surface area contributed by atoms with E-state index in [0.717, 1.165) is 31.0 Å². The van der Waals surface area contributed by atoms with Crippen LogP contribution in [0.25, 0.3) is 0 Å². The molecule has 1 saturated heterocycles. The van der Waals surface area contributed by atoms with Crippen molar-refractivity contribution in [3.05, 3.63) is 66.0 Å².